The predicted octanol–water partition coefficient (Wildman–Crippen LogP) is 2.15. The fourth-order valence-corrected chi connectivity index (χ4v) is 2.04. The number of ether oxygens (including phenoxy) is 1. The zero-order valence-electron chi connectivity index (χ0n) is 12.6. The molecule has 0 saturated carbocycles. The van der Waals surface area contributed by atoms with Crippen LogP contribution in [0.25, 0.3) is 0 Å². The number of carboxylic acid groups (broad SMARTS) is 1. The Hall–Kier alpha value is -2.96. The van der Waals surface area contributed by atoms with Crippen LogP contribution in [0.1, 0.15) is 23.8 Å². The molecule has 122 valence electrons. The lowest BCUT2D eigenvalue weighted by Gasteiger charge is -2.18. The first-order chi connectivity index (χ1) is 11.1. The molecule has 2 rings (SSSR count). The van der Waals surface area contributed by atoms with Crippen molar-refractivity contribution in [3.05, 3.63) is 54.0 Å². The Morgan fingerprint density at radius 2 is 2.00 bits per heavy atom. The third kappa shape index (κ3) is 4.77. The Bertz CT molecular complexity index is 637. The van der Waals surface area contributed by atoms with Crippen molar-refractivity contribution in [3.8, 4) is 5.75 Å². The standard InChI is InChI=1S/C16H18N2O5/c1-22-12-6-4-11(5-7-12)15(13-3-2-10-23-13)18-16(21)17-9-8-14(19)20/h2-7,10,15H,8-9H2,1H3,(H,19,20)(H2,17,18,21). The van der Waals surface area contributed by atoms with Crippen molar-refractivity contribution in [2.24, 2.45) is 0 Å². The first-order valence-electron chi connectivity index (χ1n) is 7.03. The van der Waals surface area contributed by atoms with Gasteiger partial charge >= 0.3 is 12.0 Å². The van der Waals surface area contributed by atoms with Crippen molar-refractivity contribution < 1.29 is 23.8 Å². The topological polar surface area (TPSA) is 101 Å². The van der Waals surface area contributed by atoms with Crippen molar-refractivity contribution in [3.63, 3.8) is 0 Å². The van der Waals surface area contributed by atoms with Crippen LogP contribution in [0, 0.1) is 0 Å². The summed E-state index contributed by atoms with van der Waals surface area (Å²) >= 11 is 0. The van der Waals surface area contributed by atoms with E-state index in [1.165, 1.54) is 6.26 Å². The number of methoxy groups -OCH3 is 1. The minimum Gasteiger partial charge on any atom is -0.497 e. The van der Waals surface area contributed by atoms with Crippen molar-refractivity contribution in [2.75, 3.05) is 13.7 Å². The van der Waals surface area contributed by atoms with Crippen LogP contribution in [0.5, 0.6) is 5.75 Å². The summed E-state index contributed by atoms with van der Waals surface area (Å²) in [5, 5.41) is 13.9. The molecule has 7 heteroatoms. The Kier molecular flexibility index (Phi) is 5.62. The zero-order chi connectivity index (χ0) is 16.7. The van der Waals surface area contributed by atoms with Gasteiger partial charge in [0.2, 0.25) is 0 Å². The highest BCUT2D eigenvalue weighted by Crippen LogP contribution is 2.24. The largest absolute Gasteiger partial charge is 0.497 e. The Balaban J connectivity index is 2.08. The number of furan rings is 1. The molecule has 0 saturated heterocycles. The fraction of sp³-hybridized carbons (Fsp3) is 0.250. The minimum atomic E-state index is -0.969. The average Bonchev–Trinajstić information content (AvgIpc) is 3.06. The molecule has 0 aliphatic carbocycles. The van der Waals surface area contributed by atoms with E-state index in [1.807, 2.05) is 12.1 Å². The molecule has 1 aromatic carbocycles. The minimum absolute atomic E-state index is 0.0503. The lowest BCUT2D eigenvalue weighted by atomic mass is 10.0. The van der Waals surface area contributed by atoms with Gasteiger partial charge in [0.15, 0.2) is 0 Å². The van der Waals surface area contributed by atoms with Gasteiger partial charge in [0.1, 0.15) is 17.6 Å². The number of carbonyl (C=O) groups excluding carboxylic acids is 1. The van der Waals surface area contributed by atoms with Gasteiger partial charge in [-0.3, -0.25) is 4.79 Å². The number of amides is 2. The van der Waals surface area contributed by atoms with E-state index in [0.29, 0.717) is 11.5 Å². The summed E-state index contributed by atoms with van der Waals surface area (Å²) in [4.78, 5) is 22.4. The second-order valence-electron chi connectivity index (χ2n) is 4.77. The molecule has 7 nitrogen and oxygen atoms in total. The summed E-state index contributed by atoms with van der Waals surface area (Å²) in [7, 11) is 1.58. The third-order valence-corrected chi connectivity index (χ3v) is 3.18. The van der Waals surface area contributed by atoms with Gasteiger partial charge < -0.3 is 24.9 Å². The van der Waals surface area contributed by atoms with Crippen LogP contribution in [0.2, 0.25) is 0 Å². The quantitative estimate of drug-likeness (QED) is 0.726. The molecule has 0 bridgehead atoms. The fourth-order valence-electron chi connectivity index (χ4n) is 2.04. The van der Waals surface area contributed by atoms with Crippen LogP contribution >= 0.6 is 0 Å². The molecule has 2 aromatic rings. The van der Waals surface area contributed by atoms with Gasteiger partial charge in [-0.1, -0.05) is 12.1 Å². The predicted molar refractivity (Wildman–Crippen MR) is 82.3 cm³/mol. The first-order valence-corrected chi connectivity index (χ1v) is 7.03. The second-order valence-corrected chi connectivity index (χ2v) is 4.77. The lowest BCUT2D eigenvalue weighted by molar-refractivity contribution is -0.136. The number of nitrogens with one attached hydrogen (secondary N) is 2. The molecular formula is C16H18N2O5. The van der Waals surface area contributed by atoms with Crippen LogP contribution in [0.15, 0.2) is 47.1 Å². The maximum absolute atomic E-state index is 11.9. The molecule has 0 spiro atoms. The van der Waals surface area contributed by atoms with E-state index in [1.54, 1.807) is 31.4 Å². The summed E-state index contributed by atoms with van der Waals surface area (Å²) < 4.78 is 10.5. The first kappa shape index (κ1) is 16.4. The number of carbonyl (C=O) groups is 2. The van der Waals surface area contributed by atoms with E-state index in [-0.39, 0.29) is 13.0 Å². The maximum Gasteiger partial charge on any atom is 0.315 e. The van der Waals surface area contributed by atoms with Gasteiger partial charge in [-0.15, -0.1) is 0 Å². The second kappa shape index (κ2) is 7.88. The molecule has 23 heavy (non-hydrogen) atoms. The van der Waals surface area contributed by atoms with Gasteiger partial charge in [0.05, 0.1) is 19.8 Å². The smallest absolute Gasteiger partial charge is 0.315 e. The number of benzene rings is 1. The van der Waals surface area contributed by atoms with E-state index in [9.17, 15) is 9.59 Å². The maximum atomic E-state index is 11.9. The monoisotopic (exact) mass is 318 g/mol. The average molecular weight is 318 g/mol. The normalized spacial score (nSPS) is 11.5. The van der Waals surface area contributed by atoms with E-state index in [4.69, 9.17) is 14.3 Å². The molecule has 2 amide bonds. The molecule has 1 aromatic heterocycles. The van der Waals surface area contributed by atoms with Crippen molar-refractivity contribution >= 4 is 12.0 Å². The molecule has 0 aliphatic heterocycles. The number of hydrogen-bond acceptors (Lipinski definition) is 4. The highest BCUT2D eigenvalue weighted by Gasteiger charge is 2.19. The van der Waals surface area contributed by atoms with Crippen LogP contribution in [0.3, 0.4) is 0 Å². The number of hydrogen-bond donors (Lipinski definition) is 3. The zero-order valence-corrected chi connectivity index (χ0v) is 12.6. The molecule has 0 aliphatic rings. The Morgan fingerprint density at radius 1 is 1.26 bits per heavy atom. The molecule has 3 N–H and O–H groups in total. The summed E-state index contributed by atoms with van der Waals surface area (Å²) in [6, 6.07) is 9.75. The van der Waals surface area contributed by atoms with Gasteiger partial charge in [0, 0.05) is 6.54 Å². The van der Waals surface area contributed by atoms with Gasteiger partial charge in [-0.25, -0.2) is 4.79 Å². The number of urea groups is 1. The van der Waals surface area contributed by atoms with Gasteiger partial charge in [0.25, 0.3) is 0 Å². The number of aliphatic carboxylic acids is 1. The summed E-state index contributed by atoms with van der Waals surface area (Å²) in [5.74, 6) is 0.310. The SMILES string of the molecule is COc1ccc(C(NC(=O)NCCC(=O)O)c2ccco2)cc1. The molecule has 0 radical (unpaired) electrons. The van der Waals surface area contributed by atoms with Crippen molar-refractivity contribution in [2.45, 2.75) is 12.5 Å². The highest BCUT2D eigenvalue weighted by atomic mass is 16.5. The van der Waals surface area contributed by atoms with Crippen LogP contribution in [-0.4, -0.2) is 30.8 Å². The van der Waals surface area contributed by atoms with Gasteiger partial charge in [-0.2, -0.15) is 0 Å². The summed E-state index contributed by atoms with van der Waals surface area (Å²) in [6.45, 7) is 0.0503. The van der Waals surface area contributed by atoms with E-state index in [2.05, 4.69) is 10.6 Å². The molecular weight excluding hydrogens is 300 g/mol. The highest BCUT2D eigenvalue weighted by molar-refractivity contribution is 5.75. The molecule has 1 unspecified atom stereocenters. The Labute approximate surface area is 133 Å². The van der Waals surface area contributed by atoms with E-state index >= 15 is 0 Å². The Morgan fingerprint density at radius 3 is 2.57 bits per heavy atom. The number of rotatable bonds is 7. The third-order valence-electron chi connectivity index (χ3n) is 3.18. The van der Waals surface area contributed by atoms with Crippen molar-refractivity contribution in [1.29, 1.82) is 0 Å². The number of carboxylic acids is 1. The molecule has 0 fully saturated rings. The van der Waals surface area contributed by atoms with Crippen LogP contribution in [0.4, 0.5) is 4.79 Å². The van der Waals surface area contributed by atoms with E-state index in [0.717, 1.165) is 5.56 Å². The summed E-state index contributed by atoms with van der Waals surface area (Å²) in [6.07, 6.45) is 1.39. The summed E-state index contributed by atoms with van der Waals surface area (Å²) in [5.41, 5.74) is 0.814. The van der Waals surface area contributed by atoms with Crippen LogP contribution in [-0.2, 0) is 4.79 Å². The van der Waals surface area contributed by atoms with E-state index < -0.39 is 18.0 Å². The molecule has 1 heterocycles. The van der Waals surface area contributed by atoms with Gasteiger partial charge in [-0.05, 0) is 29.8 Å². The lowest BCUT2D eigenvalue weighted by Crippen LogP contribution is -2.39. The van der Waals surface area contributed by atoms with Crippen molar-refractivity contribution in [1.82, 2.24) is 10.6 Å². The van der Waals surface area contributed by atoms with Crippen LogP contribution < -0.4 is 15.4 Å². The molecule has 1 atom stereocenters.